The lowest BCUT2D eigenvalue weighted by molar-refractivity contribution is 0.154. The smallest absolute Gasteiger partial charge is 0.175 e. The third kappa shape index (κ3) is 2.38. The molecule has 0 aromatic heterocycles. The molecule has 1 atom stereocenters. The topological polar surface area (TPSA) is 82.1 Å². The van der Waals surface area contributed by atoms with Crippen molar-refractivity contribution in [2.45, 2.75) is 18.9 Å². The summed E-state index contributed by atoms with van der Waals surface area (Å²) in [4.78, 5) is 1.85. The summed E-state index contributed by atoms with van der Waals surface area (Å²) in [6.07, 6.45) is 1.14. The Kier molecular flexibility index (Phi) is 3.66. The molecule has 0 bridgehead atoms. The Morgan fingerprint density at radius 3 is 2.94 bits per heavy atom. The lowest BCUT2D eigenvalue weighted by atomic mass is 10.0. The Balaban J connectivity index is 2.40. The van der Waals surface area contributed by atoms with E-state index in [4.69, 9.17) is 10.9 Å². The van der Waals surface area contributed by atoms with Crippen LogP contribution in [0.15, 0.2) is 23.4 Å². The van der Waals surface area contributed by atoms with E-state index in [1.165, 1.54) is 6.07 Å². The van der Waals surface area contributed by atoms with Crippen molar-refractivity contribution in [3.8, 4) is 0 Å². The molecule has 1 aromatic rings. The minimum Gasteiger partial charge on any atom is -0.409 e. The van der Waals surface area contributed by atoms with Crippen LogP contribution in [0.3, 0.4) is 0 Å². The van der Waals surface area contributed by atoms with Crippen LogP contribution in [0.1, 0.15) is 18.4 Å². The zero-order chi connectivity index (χ0) is 13.1. The van der Waals surface area contributed by atoms with E-state index >= 15 is 0 Å². The summed E-state index contributed by atoms with van der Waals surface area (Å²) in [5.41, 5.74) is 6.13. The molecule has 0 saturated carbocycles. The van der Waals surface area contributed by atoms with Crippen LogP contribution >= 0.6 is 0 Å². The number of nitrogens with two attached hydrogens (primary N) is 1. The molecule has 0 spiro atoms. The summed E-state index contributed by atoms with van der Waals surface area (Å²) in [7, 11) is 0. The second-order valence-electron chi connectivity index (χ2n) is 4.36. The van der Waals surface area contributed by atoms with E-state index in [-0.39, 0.29) is 11.4 Å². The minimum absolute atomic E-state index is 0.0779. The largest absolute Gasteiger partial charge is 0.409 e. The molecule has 18 heavy (non-hydrogen) atoms. The van der Waals surface area contributed by atoms with Crippen molar-refractivity contribution >= 4 is 11.5 Å². The van der Waals surface area contributed by atoms with Gasteiger partial charge >= 0.3 is 0 Å². The number of hydrogen-bond acceptors (Lipinski definition) is 4. The fraction of sp³-hybridized carbons (Fsp3) is 0.417. The van der Waals surface area contributed by atoms with Crippen LogP contribution in [0.2, 0.25) is 0 Å². The standard InChI is InChI=1S/C12H16FN3O2/c13-9-4-1-5-10(11(9)12(14)15-18)16-6-2-3-8(17)7-16/h1,4-5,8,17-18H,2-3,6-7H2,(H2,14,15). The lowest BCUT2D eigenvalue weighted by Gasteiger charge is -2.33. The number of β-amino-alcohol motifs (C(OH)–C–C–N with tert-alkyl or cyclic N) is 1. The number of rotatable bonds is 2. The van der Waals surface area contributed by atoms with Gasteiger partial charge in [0.2, 0.25) is 0 Å². The summed E-state index contributed by atoms with van der Waals surface area (Å²) in [6.45, 7) is 1.14. The highest BCUT2D eigenvalue weighted by Crippen LogP contribution is 2.26. The van der Waals surface area contributed by atoms with Gasteiger partial charge in [-0.25, -0.2) is 4.39 Å². The van der Waals surface area contributed by atoms with Crippen LogP contribution in [-0.2, 0) is 0 Å². The van der Waals surface area contributed by atoms with Gasteiger partial charge in [-0.1, -0.05) is 11.2 Å². The van der Waals surface area contributed by atoms with Crippen molar-refractivity contribution < 1.29 is 14.7 Å². The molecule has 98 valence electrons. The molecule has 1 aliphatic rings. The van der Waals surface area contributed by atoms with Gasteiger partial charge in [-0.05, 0) is 25.0 Å². The third-order valence-corrected chi connectivity index (χ3v) is 3.09. The van der Waals surface area contributed by atoms with E-state index < -0.39 is 11.9 Å². The number of piperidine rings is 1. The van der Waals surface area contributed by atoms with E-state index in [1.54, 1.807) is 12.1 Å². The van der Waals surface area contributed by atoms with Crippen LogP contribution in [0.4, 0.5) is 10.1 Å². The maximum atomic E-state index is 13.8. The van der Waals surface area contributed by atoms with Gasteiger partial charge in [0.15, 0.2) is 5.84 Å². The highest BCUT2D eigenvalue weighted by Gasteiger charge is 2.23. The van der Waals surface area contributed by atoms with E-state index in [0.717, 1.165) is 12.8 Å². The molecule has 1 aliphatic heterocycles. The second kappa shape index (κ2) is 5.22. The number of halogens is 1. The predicted octanol–water partition coefficient (Wildman–Crippen LogP) is 0.881. The van der Waals surface area contributed by atoms with Crippen LogP contribution in [-0.4, -0.2) is 35.3 Å². The average Bonchev–Trinajstić information content (AvgIpc) is 2.37. The number of nitrogens with zero attached hydrogens (tertiary/aromatic N) is 2. The number of aliphatic hydroxyl groups excluding tert-OH is 1. The van der Waals surface area contributed by atoms with Crippen molar-refractivity contribution in [1.82, 2.24) is 0 Å². The first-order valence-electron chi connectivity index (χ1n) is 5.83. The van der Waals surface area contributed by atoms with Crippen molar-refractivity contribution in [3.63, 3.8) is 0 Å². The Morgan fingerprint density at radius 1 is 1.50 bits per heavy atom. The highest BCUT2D eigenvalue weighted by atomic mass is 19.1. The Bertz CT molecular complexity index is 465. The lowest BCUT2D eigenvalue weighted by Crippen LogP contribution is -2.39. The monoisotopic (exact) mass is 253 g/mol. The first-order chi connectivity index (χ1) is 8.63. The predicted molar refractivity (Wildman–Crippen MR) is 66.4 cm³/mol. The van der Waals surface area contributed by atoms with Crippen LogP contribution in [0.5, 0.6) is 0 Å². The third-order valence-electron chi connectivity index (χ3n) is 3.09. The molecule has 1 unspecified atom stereocenters. The first kappa shape index (κ1) is 12.6. The first-order valence-corrected chi connectivity index (χ1v) is 5.83. The van der Waals surface area contributed by atoms with E-state index in [0.29, 0.717) is 18.8 Å². The molecule has 1 aromatic carbocycles. The van der Waals surface area contributed by atoms with E-state index in [1.807, 2.05) is 4.90 Å². The molecular formula is C12H16FN3O2. The quantitative estimate of drug-likeness (QED) is 0.316. The molecule has 6 heteroatoms. The Labute approximate surface area is 104 Å². The van der Waals surface area contributed by atoms with Gasteiger partial charge in [-0.15, -0.1) is 0 Å². The fourth-order valence-corrected chi connectivity index (χ4v) is 2.25. The number of benzene rings is 1. The maximum absolute atomic E-state index is 13.8. The average molecular weight is 253 g/mol. The number of oxime groups is 1. The molecule has 5 nitrogen and oxygen atoms in total. The zero-order valence-corrected chi connectivity index (χ0v) is 9.88. The normalized spacial score (nSPS) is 21.1. The number of hydrogen-bond donors (Lipinski definition) is 3. The molecule has 1 fully saturated rings. The summed E-state index contributed by atoms with van der Waals surface area (Å²) in [5.74, 6) is -0.800. The fourth-order valence-electron chi connectivity index (χ4n) is 2.25. The molecular weight excluding hydrogens is 237 g/mol. The van der Waals surface area contributed by atoms with Gasteiger partial charge in [-0.2, -0.15) is 0 Å². The highest BCUT2D eigenvalue weighted by molar-refractivity contribution is 6.02. The summed E-state index contributed by atoms with van der Waals surface area (Å²) in [5, 5.41) is 21.2. The summed E-state index contributed by atoms with van der Waals surface area (Å²) in [6, 6.07) is 4.53. The van der Waals surface area contributed by atoms with Gasteiger partial charge in [0.1, 0.15) is 5.82 Å². The molecule has 1 saturated heterocycles. The van der Waals surface area contributed by atoms with Gasteiger partial charge < -0.3 is 20.9 Å². The molecule has 2 rings (SSSR count). The Hall–Kier alpha value is -1.82. The van der Waals surface area contributed by atoms with Crippen LogP contribution < -0.4 is 10.6 Å². The van der Waals surface area contributed by atoms with Crippen molar-refractivity contribution in [3.05, 3.63) is 29.6 Å². The zero-order valence-electron chi connectivity index (χ0n) is 9.88. The summed E-state index contributed by atoms with van der Waals surface area (Å²) < 4.78 is 13.8. The van der Waals surface area contributed by atoms with Crippen molar-refractivity contribution in [2.24, 2.45) is 10.9 Å². The van der Waals surface area contributed by atoms with Gasteiger partial charge in [0.25, 0.3) is 0 Å². The maximum Gasteiger partial charge on any atom is 0.175 e. The van der Waals surface area contributed by atoms with Gasteiger partial charge in [0, 0.05) is 13.1 Å². The second-order valence-corrected chi connectivity index (χ2v) is 4.36. The SMILES string of the molecule is NC(=NO)c1c(F)cccc1N1CCCC(O)C1. The number of aliphatic hydroxyl groups is 1. The van der Waals surface area contributed by atoms with Crippen LogP contribution in [0, 0.1) is 5.82 Å². The number of anilines is 1. The summed E-state index contributed by atoms with van der Waals surface area (Å²) >= 11 is 0. The van der Waals surface area contributed by atoms with E-state index in [2.05, 4.69) is 5.16 Å². The Morgan fingerprint density at radius 2 is 2.28 bits per heavy atom. The molecule has 0 aliphatic carbocycles. The van der Waals surface area contributed by atoms with Crippen molar-refractivity contribution in [2.75, 3.05) is 18.0 Å². The van der Waals surface area contributed by atoms with Crippen LogP contribution in [0.25, 0.3) is 0 Å². The molecule has 1 heterocycles. The molecule has 0 amide bonds. The van der Waals surface area contributed by atoms with Crippen molar-refractivity contribution in [1.29, 1.82) is 0 Å². The molecule has 4 N–H and O–H groups in total. The van der Waals surface area contributed by atoms with Gasteiger partial charge in [-0.3, -0.25) is 0 Å². The van der Waals surface area contributed by atoms with E-state index in [9.17, 15) is 9.50 Å². The van der Waals surface area contributed by atoms with Gasteiger partial charge in [0.05, 0.1) is 17.4 Å². The minimum atomic E-state index is -0.539. The number of amidine groups is 1. The molecule has 0 radical (unpaired) electrons.